The van der Waals surface area contributed by atoms with Gasteiger partial charge in [0, 0.05) is 5.02 Å². The largest absolute Gasteiger partial charge is 0.482 e. The number of rotatable bonds is 5. The van der Waals surface area contributed by atoms with E-state index in [4.69, 9.17) is 11.6 Å². The van der Waals surface area contributed by atoms with Crippen molar-refractivity contribution < 1.29 is 22.7 Å². The predicted molar refractivity (Wildman–Crippen MR) is 100 cm³/mol. The number of nitrogens with zero attached hydrogens (tertiary/aromatic N) is 1. The minimum atomic E-state index is -4.58. The molecule has 0 saturated heterocycles. The van der Waals surface area contributed by atoms with E-state index in [2.05, 4.69) is 15.0 Å². The van der Waals surface area contributed by atoms with Gasteiger partial charge in [-0.1, -0.05) is 23.7 Å². The number of alkyl halides is 3. The van der Waals surface area contributed by atoms with E-state index >= 15 is 0 Å². The summed E-state index contributed by atoms with van der Waals surface area (Å²) in [6.07, 6.45) is -4.58. The number of ether oxygens (including phenoxy) is 1. The number of aromatic amines is 1. The third-order valence-corrected chi connectivity index (χ3v) is 4.03. The van der Waals surface area contributed by atoms with Gasteiger partial charge in [0.05, 0.1) is 16.6 Å². The van der Waals surface area contributed by atoms with E-state index in [1.165, 1.54) is 24.3 Å². The summed E-state index contributed by atoms with van der Waals surface area (Å²) >= 11 is 5.83. The lowest BCUT2D eigenvalue weighted by Crippen LogP contribution is -2.38. The van der Waals surface area contributed by atoms with Crippen molar-refractivity contribution in [1.82, 2.24) is 9.55 Å². The highest BCUT2D eigenvalue weighted by molar-refractivity contribution is 6.31. The molecule has 0 bridgehead atoms. The molecule has 0 unspecified atom stereocenters. The van der Waals surface area contributed by atoms with Gasteiger partial charge in [0.1, 0.15) is 12.3 Å². The number of carbonyl (C=O) groups is 1. The average molecular weight is 428 g/mol. The number of hydrogen-bond donors (Lipinski definition) is 2. The molecule has 0 spiro atoms. The first kappa shape index (κ1) is 20.5. The van der Waals surface area contributed by atoms with Crippen molar-refractivity contribution in [3.63, 3.8) is 0 Å². The van der Waals surface area contributed by atoms with E-state index in [1.807, 2.05) is 0 Å². The Bertz CT molecular complexity index is 1190. The van der Waals surface area contributed by atoms with Crippen LogP contribution in [0.5, 0.6) is 5.75 Å². The van der Waals surface area contributed by atoms with E-state index in [-0.39, 0.29) is 21.8 Å². The van der Waals surface area contributed by atoms with E-state index in [0.717, 1.165) is 0 Å². The first-order chi connectivity index (χ1) is 13.6. The first-order valence-electron chi connectivity index (χ1n) is 8.15. The molecule has 3 aromatic rings. The normalized spacial score (nSPS) is 11.4. The summed E-state index contributed by atoms with van der Waals surface area (Å²) in [6.45, 7) is -2.23. The molecule has 3 rings (SSSR count). The van der Waals surface area contributed by atoms with Crippen molar-refractivity contribution in [3.05, 3.63) is 68.3 Å². The number of aromatic nitrogens is 2. The van der Waals surface area contributed by atoms with Crippen molar-refractivity contribution in [2.24, 2.45) is 0 Å². The Morgan fingerprint density at radius 2 is 1.90 bits per heavy atom. The van der Waals surface area contributed by atoms with Gasteiger partial charge in [0.25, 0.3) is 5.56 Å². The smallest absolute Gasteiger partial charge is 0.422 e. The quantitative estimate of drug-likeness (QED) is 0.654. The Morgan fingerprint density at radius 3 is 2.62 bits per heavy atom. The molecule has 1 aromatic heterocycles. The minimum absolute atomic E-state index is 0.128. The number of benzene rings is 2. The molecular formula is C18H13ClF3N3O4. The molecule has 2 aromatic carbocycles. The van der Waals surface area contributed by atoms with Crippen LogP contribution in [0.15, 0.2) is 52.1 Å². The molecule has 0 aliphatic carbocycles. The molecule has 0 fully saturated rings. The predicted octanol–water partition coefficient (Wildman–Crippen LogP) is 2.92. The summed E-state index contributed by atoms with van der Waals surface area (Å²) in [5, 5.41) is 2.66. The molecule has 11 heteroatoms. The third-order valence-electron chi connectivity index (χ3n) is 3.80. The standard InChI is InChI=1S/C18H13ClF3N3O4/c19-10-5-6-14(29-9-18(20,21)22)13(7-10)23-15(26)8-25-16(27)11-3-1-2-4-12(11)24-17(25)28/h1-7H,8-9H2,(H,23,26)(H,24,28). The van der Waals surface area contributed by atoms with Gasteiger partial charge < -0.3 is 15.0 Å². The van der Waals surface area contributed by atoms with Crippen LogP contribution in [-0.2, 0) is 11.3 Å². The Morgan fingerprint density at radius 1 is 1.17 bits per heavy atom. The second kappa shape index (κ2) is 8.00. The zero-order chi connectivity index (χ0) is 21.2. The molecule has 0 atom stereocenters. The molecule has 0 aliphatic heterocycles. The summed E-state index contributed by atoms with van der Waals surface area (Å²) in [7, 11) is 0. The molecule has 152 valence electrons. The van der Waals surface area contributed by atoms with E-state index < -0.39 is 36.5 Å². The summed E-state index contributed by atoms with van der Waals surface area (Å²) in [6, 6.07) is 9.92. The molecule has 7 nitrogen and oxygen atoms in total. The number of H-pyrrole nitrogens is 1. The number of fused-ring (bicyclic) bond motifs is 1. The topological polar surface area (TPSA) is 93.2 Å². The number of hydrogen-bond acceptors (Lipinski definition) is 4. The van der Waals surface area contributed by atoms with Crippen LogP contribution in [0.25, 0.3) is 10.9 Å². The number of halogens is 4. The van der Waals surface area contributed by atoms with E-state index in [0.29, 0.717) is 10.1 Å². The van der Waals surface area contributed by atoms with Crippen LogP contribution >= 0.6 is 11.6 Å². The summed E-state index contributed by atoms with van der Waals surface area (Å²) < 4.78 is 42.6. The zero-order valence-electron chi connectivity index (χ0n) is 14.5. The Labute approximate surface area is 165 Å². The highest BCUT2D eigenvalue weighted by atomic mass is 35.5. The Hall–Kier alpha value is -3.27. The fraction of sp³-hybridized carbons (Fsp3) is 0.167. The van der Waals surface area contributed by atoms with Crippen molar-refractivity contribution in [2.45, 2.75) is 12.7 Å². The van der Waals surface area contributed by atoms with Gasteiger partial charge in [-0.3, -0.25) is 14.2 Å². The number of nitrogens with one attached hydrogen (secondary N) is 2. The maximum atomic E-state index is 12.5. The zero-order valence-corrected chi connectivity index (χ0v) is 15.3. The SMILES string of the molecule is O=C(Cn1c(=O)[nH]c2ccccc2c1=O)Nc1cc(Cl)ccc1OCC(F)(F)F. The van der Waals surface area contributed by atoms with E-state index in [1.54, 1.807) is 18.2 Å². The van der Waals surface area contributed by atoms with Gasteiger partial charge in [-0.15, -0.1) is 0 Å². The van der Waals surface area contributed by atoms with Gasteiger partial charge in [-0.05, 0) is 30.3 Å². The van der Waals surface area contributed by atoms with Crippen molar-refractivity contribution in [1.29, 1.82) is 0 Å². The summed E-state index contributed by atoms with van der Waals surface area (Å²) in [5.41, 5.74) is -1.29. The first-order valence-corrected chi connectivity index (χ1v) is 8.52. The van der Waals surface area contributed by atoms with Crippen LogP contribution in [0, 0.1) is 0 Å². The van der Waals surface area contributed by atoms with Crippen molar-refractivity contribution in [2.75, 3.05) is 11.9 Å². The van der Waals surface area contributed by atoms with Crippen molar-refractivity contribution >= 4 is 34.1 Å². The maximum Gasteiger partial charge on any atom is 0.422 e. The minimum Gasteiger partial charge on any atom is -0.482 e. The van der Waals surface area contributed by atoms with Crippen molar-refractivity contribution in [3.8, 4) is 5.75 Å². The van der Waals surface area contributed by atoms with Gasteiger partial charge in [-0.25, -0.2) is 4.79 Å². The lowest BCUT2D eigenvalue weighted by molar-refractivity contribution is -0.153. The molecule has 0 saturated carbocycles. The second-order valence-corrected chi connectivity index (χ2v) is 6.40. The molecule has 29 heavy (non-hydrogen) atoms. The summed E-state index contributed by atoms with van der Waals surface area (Å²) in [5.74, 6) is -1.09. The lowest BCUT2D eigenvalue weighted by atomic mass is 10.2. The lowest BCUT2D eigenvalue weighted by Gasteiger charge is -2.14. The highest BCUT2D eigenvalue weighted by Gasteiger charge is 2.29. The fourth-order valence-corrected chi connectivity index (χ4v) is 2.73. The second-order valence-electron chi connectivity index (χ2n) is 5.96. The van der Waals surface area contributed by atoms with Gasteiger partial charge in [0.15, 0.2) is 6.61 Å². The van der Waals surface area contributed by atoms with Gasteiger partial charge in [-0.2, -0.15) is 13.2 Å². The summed E-state index contributed by atoms with van der Waals surface area (Å²) in [4.78, 5) is 39.4. The third kappa shape index (κ3) is 4.96. The highest BCUT2D eigenvalue weighted by Crippen LogP contribution is 2.29. The number of amides is 1. The molecule has 2 N–H and O–H groups in total. The number of para-hydroxylation sites is 1. The van der Waals surface area contributed by atoms with Gasteiger partial charge >= 0.3 is 11.9 Å². The van der Waals surface area contributed by atoms with Crippen LogP contribution < -0.4 is 21.3 Å². The molecule has 1 amide bonds. The number of carbonyl (C=O) groups excluding carboxylic acids is 1. The van der Waals surface area contributed by atoms with Crippen LogP contribution in [-0.4, -0.2) is 28.2 Å². The Kier molecular flexibility index (Phi) is 5.64. The van der Waals surface area contributed by atoms with Gasteiger partial charge in [0.2, 0.25) is 5.91 Å². The molecule has 0 radical (unpaired) electrons. The molecular weight excluding hydrogens is 415 g/mol. The van der Waals surface area contributed by atoms with Crippen LogP contribution in [0.4, 0.5) is 18.9 Å². The van der Waals surface area contributed by atoms with Crippen LogP contribution in [0.3, 0.4) is 0 Å². The fourth-order valence-electron chi connectivity index (χ4n) is 2.56. The van der Waals surface area contributed by atoms with E-state index in [9.17, 15) is 27.6 Å². The monoisotopic (exact) mass is 427 g/mol. The Balaban J connectivity index is 1.85. The molecule has 1 heterocycles. The number of anilines is 1. The van der Waals surface area contributed by atoms with Crippen LogP contribution in [0.1, 0.15) is 0 Å². The maximum absolute atomic E-state index is 12.5. The average Bonchev–Trinajstić information content (AvgIpc) is 2.64. The molecule has 0 aliphatic rings. The van der Waals surface area contributed by atoms with Crippen LogP contribution in [0.2, 0.25) is 5.02 Å².